The number of hydrogen-bond donors (Lipinski definition) is 1. The molecule has 0 saturated carbocycles. The van der Waals surface area contributed by atoms with Gasteiger partial charge in [-0.15, -0.1) is 0 Å². The van der Waals surface area contributed by atoms with Crippen LogP contribution in [0.3, 0.4) is 0 Å². The summed E-state index contributed by atoms with van der Waals surface area (Å²) < 4.78 is 1.98. The van der Waals surface area contributed by atoms with E-state index in [1.165, 1.54) is 11.3 Å². The fourth-order valence-electron chi connectivity index (χ4n) is 3.17. The summed E-state index contributed by atoms with van der Waals surface area (Å²) >= 11 is 0. The van der Waals surface area contributed by atoms with Crippen molar-refractivity contribution in [3.8, 4) is 0 Å². The van der Waals surface area contributed by atoms with Gasteiger partial charge in [-0.25, -0.2) is 0 Å². The van der Waals surface area contributed by atoms with Crippen molar-refractivity contribution in [1.82, 2.24) is 9.88 Å². The van der Waals surface area contributed by atoms with E-state index in [0.29, 0.717) is 5.92 Å². The Bertz CT molecular complexity index is 687. The second-order valence-electron chi connectivity index (χ2n) is 6.57. The molecule has 1 saturated heterocycles. The second kappa shape index (κ2) is 6.49. The molecule has 1 N–H and O–H groups in total. The molecule has 1 aromatic heterocycles. The molecule has 2 heterocycles. The van der Waals surface area contributed by atoms with E-state index in [4.69, 9.17) is 0 Å². The molecule has 4 heteroatoms. The highest BCUT2D eigenvalue weighted by molar-refractivity contribution is 5.95. The molecule has 3 rings (SSSR count). The zero-order valence-corrected chi connectivity index (χ0v) is 14.2. The Hall–Kier alpha value is -2.23. The topological polar surface area (TPSA) is 37.3 Å². The molecular weight excluding hydrogens is 286 g/mol. The molecule has 2 aromatic rings. The monoisotopic (exact) mass is 311 g/mol. The lowest BCUT2D eigenvalue weighted by molar-refractivity contribution is 0.0947. The van der Waals surface area contributed by atoms with E-state index in [0.717, 1.165) is 37.3 Å². The molecule has 1 atom stereocenters. The molecule has 0 spiro atoms. The van der Waals surface area contributed by atoms with Crippen molar-refractivity contribution < 1.29 is 4.79 Å². The number of rotatable bonds is 4. The predicted molar refractivity (Wildman–Crippen MR) is 94.0 cm³/mol. The fraction of sp³-hybridized carbons (Fsp3) is 0.421. The van der Waals surface area contributed by atoms with Gasteiger partial charge in [-0.05, 0) is 44.4 Å². The molecule has 1 amide bonds. The van der Waals surface area contributed by atoms with Crippen LogP contribution >= 0.6 is 0 Å². The van der Waals surface area contributed by atoms with E-state index < -0.39 is 0 Å². The summed E-state index contributed by atoms with van der Waals surface area (Å²) in [5, 5.41) is 3.10. The Morgan fingerprint density at radius 2 is 1.96 bits per heavy atom. The van der Waals surface area contributed by atoms with Crippen molar-refractivity contribution in [2.75, 3.05) is 24.5 Å². The molecule has 23 heavy (non-hydrogen) atoms. The highest BCUT2D eigenvalue weighted by Crippen LogP contribution is 2.23. The molecule has 0 unspecified atom stereocenters. The smallest absolute Gasteiger partial charge is 0.253 e. The largest absolute Gasteiger partial charge is 0.371 e. The number of aromatic nitrogens is 1. The third kappa shape index (κ3) is 3.41. The minimum absolute atomic E-state index is 0.0388. The highest BCUT2D eigenvalue weighted by Gasteiger charge is 2.23. The zero-order chi connectivity index (χ0) is 16.4. The van der Waals surface area contributed by atoms with Crippen LogP contribution in [-0.2, 0) is 7.05 Å². The average molecular weight is 311 g/mol. The standard InChI is InChI=1S/C19H25N3O/c1-14-4-6-17(7-5-14)22-11-8-16(13-22)12-20-19(23)18-9-10-21(3)15(18)2/h4-7,9-10,16H,8,11-13H2,1-3H3,(H,20,23)/t16-/m0/s1. The first-order valence-corrected chi connectivity index (χ1v) is 8.26. The molecule has 0 aliphatic carbocycles. The van der Waals surface area contributed by atoms with E-state index in [9.17, 15) is 4.79 Å². The van der Waals surface area contributed by atoms with Crippen molar-refractivity contribution >= 4 is 11.6 Å². The number of amides is 1. The van der Waals surface area contributed by atoms with Crippen molar-refractivity contribution in [3.63, 3.8) is 0 Å². The van der Waals surface area contributed by atoms with Crippen molar-refractivity contribution in [1.29, 1.82) is 0 Å². The third-order valence-corrected chi connectivity index (χ3v) is 4.86. The van der Waals surface area contributed by atoms with E-state index >= 15 is 0 Å². The lowest BCUT2D eigenvalue weighted by atomic mass is 10.1. The van der Waals surface area contributed by atoms with Gasteiger partial charge >= 0.3 is 0 Å². The van der Waals surface area contributed by atoms with Crippen LogP contribution < -0.4 is 10.2 Å². The summed E-state index contributed by atoms with van der Waals surface area (Å²) in [5.74, 6) is 0.557. The second-order valence-corrected chi connectivity index (χ2v) is 6.57. The predicted octanol–water partition coefficient (Wildman–Crippen LogP) is 2.90. The average Bonchev–Trinajstić information content (AvgIpc) is 3.14. The number of nitrogens with zero attached hydrogens (tertiary/aromatic N) is 2. The normalized spacial score (nSPS) is 17.5. The maximum absolute atomic E-state index is 12.3. The Labute approximate surface area is 138 Å². The van der Waals surface area contributed by atoms with Gasteiger partial charge in [0.05, 0.1) is 5.56 Å². The fourth-order valence-corrected chi connectivity index (χ4v) is 3.17. The Morgan fingerprint density at radius 3 is 2.61 bits per heavy atom. The molecule has 122 valence electrons. The molecule has 1 aliphatic heterocycles. The Balaban J connectivity index is 1.53. The van der Waals surface area contributed by atoms with E-state index in [1.54, 1.807) is 0 Å². The van der Waals surface area contributed by atoms with Gasteiger partial charge in [-0.1, -0.05) is 17.7 Å². The summed E-state index contributed by atoms with van der Waals surface area (Å²) in [6.45, 7) is 6.90. The van der Waals surface area contributed by atoms with Gasteiger partial charge < -0.3 is 14.8 Å². The number of hydrogen-bond acceptors (Lipinski definition) is 2. The maximum Gasteiger partial charge on any atom is 0.253 e. The summed E-state index contributed by atoms with van der Waals surface area (Å²) in [5.41, 5.74) is 4.36. The van der Waals surface area contributed by atoms with E-state index in [-0.39, 0.29) is 5.91 Å². The molecule has 1 aromatic carbocycles. The third-order valence-electron chi connectivity index (χ3n) is 4.86. The first kappa shape index (κ1) is 15.7. The van der Waals surface area contributed by atoms with Gasteiger partial charge in [-0.2, -0.15) is 0 Å². The van der Waals surface area contributed by atoms with Crippen molar-refractivity contribution in [2.24, 2.45) is 13.0 Å². The molecule has 0 radical (unpaired) electrons. The Kier molecular flexibility index (Phi) is 4.42. The summed E-state index contributed by atoms with van der Waals surface area (Å²) in [6, 6.07) is 10.6. The number of benzene rings is 1. The zero-order valence-electron chi connectivity index (χ0n) is 14.2. The molecular formula is C19H25N3O. The van der Waals surface area contributed by atoms with Gasteiger partial charge in [0.25, 0.3) is 5.91 Å². The van der Waals surface area contributed by atoms with Crippen LogP contribution in [0.25, 0.3) is 0 Å². The van der Waals surface area contributed by atoms with Crippen LogP contribution in [-0.4, -0.2) is 30.1 Å². The van der Waals surface area contributed by atoms with Gasteiger partial charge in [0.1, 0.15) is 0 Å². The van der Waals surface area contributed by atoms with E-state index in [1.807, 2.05) is 30.8 Å². The van der Waals surface area contributed by atoms with Crippen LogP contribution in [0.2, 0.25) is 0 Å². The van der Waals surface area contributed by atoms with Crippen LogP contribution in [0.4, 0.5) is 5.69 Å². The number of carbonyl (C=O) groups is 1. The SMILES string of the molecule is Cc1ccc(N2CC[C@@H](CNC(=O)c3ccn(C)c3C)C2)cc1. The molecule has 4 nitrogen and oxygen atoms in total. The van der Waals surface area contributed by atoms with Gasteiger partial charge in [0.2, 0.25) is 0 Å². The summed E-state index contributed by atoms with van der Waals surface area (Å²) in [6.07, 6.45) is 3.06. The van der Waals surface area contributed by atoms with Crippen molar-refractivity contribution in [2.45, 2.75) is 20.3 Å². The number of nitrogens with one attached hydrogen (secondary N) is 1. The minimum Gasteiger partial charge on any atom is -0.371 e. The molecule has 1 fully saturated rings. The highest BCUT2D eigenvalue weighted by atomic mass is 16.1. The first-order chi connectivity index (χ1) is 11.0. The maximum atomic E-state index is 12.3. The molecule has 0 bridgehead atoms. The quantitative estimate of drug-likeness (QED) is 0.943. The van der Waals surface area contributed by atoms with Gasteiger partial charge in [-0.3, -0.25) is 4.79 Å². The van der Waals surface area contributed by atoms with Gasteiger partial charge in [0.15, 0.2) is 0 Å². The lowest BCUT2D eigenvalue weighted by Gasteiger charge is -2.19. The van der Waals surface area contributed by atoms with Crippen molar-refractivity contribution in [3.05, 3.63) is 53.3 Å². The Morgan fingerprint density at radius 1 is 1.22 bits per heavy atom. The van der Waals surface area contributed by atoms with Crippen LogP contribution in [0, 0.1) is 19.8 Å². The minimum atomic E-state index is 0.0388. The molecule has 1 aliphatic rings. The first-order valence-electron chi connectivity index (χ1n) is 8.26. The van der Waals surface area contributed by atoms with Gasteiger partial charge in [0, 0.05) is 44.3 Å². The summed E-state index contributed by atoms with van der Waals surface area (Å²) in [4.78, 5) is 14.7. The number of carbonyl (C=O) groups excluding carboxylic acids is 1. The number of anilines is 1. The van der Waals surface area contributed by atoms with Crippen LogP contribution in [0.5, 0.6) is 0 Å². The van der Waals surface area contributed by atoms with E-state index in [2.05, 4.69) is 41.4 Å². The lowest BCUT2D eigenvalue weighted by Crippen LogP contribution is -2.31. The van der Waals surface area contributed by atoms with Crippen LogP contribution in [0.15, 0.2) is 36.5 Å². The van der Waals surface area contributed by atoms with Crippen LogP contribution in [0.1, 0.15) is 28.0 Å². The summed E-state index contributed by atoms with van der Waals surface area (Å²) in [7, 11) is 1.96. The number of aryl methyl sites for hydroxylation is 2.